The fraction of sp³-hybridized carbons (Fsp3) is 0.923. The van der Waals surface area contributed by atoms with Crippen LogP contribution in [-0.2, 0) is 9.53 Å². The summed E-state index contributed by atoms with van der Waals surface area (Å²) in [5.74, 6) is 1.66. The van der Waals surface area contributed by atoms with Crippen LogP contribution in [0.25, 0.3) is 0 Å². The van der Waals surface area contributed by atoms with Gasteiger partial charge >= 0.3 is 0 Å². The van der Waals surface area contributed by atoms with E-state index < -0.39 is 5.60 Å². The Morgan fingerprint density at radius 1 is 1.37 bits per heavy atom. The van der Waals surface area contributed by atoms with Gasteiger partial charge in [-0.1, -0.05) is 0 Å². The van der Waals surface area contributed by atoms with Gasteiger partial charge in [-0.2, -0.15) is 11.8 Å². The van der Waals surface area contributed by atoms with Crippen LogP contribution in [0.1, 0.15) is 12.8 Å². The molecule has 0 aliphatic carbocycles. The Morgan fingerprint density at radius 2 is 2.11 bits per heavy atom. The number of nitrogens with zero attached hydrogens (tertiary/aromatic N) is 2. The van der Waals surface area contributed by atoms with E-state index in [1.54, 1.807) is 0 Å². The molecule has 0 spiro atoms. The van der Waals surface area contributed by atoms with E-state index in [4.69, 9.17) is 4.74 Å². The highest BCUT2D eigenvalue weighted by atomic mass is 32.2. The summed E-state index contributed by atoms with van der Waals surface area (Å²) < 4.78 is 5.75. The summed E-state index contributed by atoms with van der Waals surface area (Å²) in [7, 11) is 2.08. The largest absolute Gasteiger partial charge is 0.380 e. The molecule has 6 heteroatoms. The number of rotatable bonds is 1. The fourth-order valence-electron chi connectivity index (χ4n) is 3.24. The van der Waals surface area contributed by atoms with Crippen LogP contribution in [0.3, 0.4) is 0 Å². The molecule has 0 aromatic carbocycles. The zero-order valence-corrected chi connectivity index (χ0v) is 12.2. The van der Waals surface area contributed by atoms with Gasteiger partial charge in [0.05, 0.1) is 18.8 Å². The first kappa shape index (κ1) is 13.7. The average molecular weight is 286 g/mol. The Bertz CT molecular complexity index is 360. The molecule has 5 nitrogen and oxygen atoms in total. The van der Waals surface area contributed by atoms with E-state index in [2.05, 4.69) is 11.9 Å². The Labute approximate surface area is 118 Å². The van der Waals surface area contributed by atoms with Crippen molar-refractivity contribution >= 4 is 17.7 Å². The lowest BCUT2D eigenvalue weighted by atomic mass is 9.95. The molecule has 19 heavy (non-hydrogen) atoms. The van der Waals surface area contributed by atoms with Crippen molar-refractivity contribution < 1.29 is 14.6 Å². The summed E-state index contributed by atoms with van der Waals surface area (Å²) >= 11 is 1.81. The lowest BCUT2D eigenvalue weighted by molar-refractivity contribution is -0.151. The highest BCUT2D eigenvalue weighted by Crippen LogP contribution is 2.31. The van der Waals surface area contributed by atoms with Gasteiger partial charge in [-0.15, -0.1) is 0 Å². The molecule has 3 rings (SSSR count). The number of amides is 1. The maximum atomic E-state index is 12.6. The Kier molecular flexibility index (Phi) is 3.77. The number of carbonyl (C=O) groups is 1. The predicted octanol–water partition coefficient (Wildman–Crippen LogP) is -0.214. The van der Waals surface area contributed by atoms with Crippen LogP contribution in [0.4, 0.5) is 0 Å². The summed E-state index contributed by atoms with van der Waals surface area (Å²) in [5.41, 5.74) is -1.13. The summed E-state index contributed by atoms with van der Waals surface area (Å²) in [6, 6.07) is 0.291. The molecule has 3 aliphatic heterocycles. The van der Waals surface area contributed by atoms with E-state index in [0.717, 1.165) is 24.7 Å². The van der Waals surface area contributed by atoms with Crippen molar-refractivity contribution in [1.82, 2.24) is 9.80 Å². The predicted molar refractivity (Wildman–Crippen MR) is 74.2 cm³/mol. The fourth-order valence-corrected chi connectivity index (χ4v) is 4.41. The monoisotopic (exact) mass is 286 g/mol. The Morgan fingerprint density at radius 3 is 2.79 bits per heavy atom. The molecular weight excluding hydrogens is 264 g/mol. The van der Waals surface area contributed by atoms with Gasteiger partial charge < -0.3 is 14.7 Å². The standard InChI is InChI=1S/C13H22N2O3S/c1-14-4-5-18-11-9-15(8-10(11)14)12(16)13(17)2-6-19-7-3-13/h10-11,17H,2-9H2,1H3/t10-,11+/m0/s1. The van der Waals surface area contributed by atoms with Crippen molar-refractivity contribution in [3.8, 4) is 0 Å². The van der Waals surface area contributed by atoms with Gasteiger partial charge in [-0.3, -0.25) is 9.69 Å². The van der Waals surface area contributed by atoms with Crippen LogP contribution in [0, 0.1) is 0 Å². The van der Waals surface area contributed by atoms with Gasteiger partial charge in [0.2, 0.25) is 0 Å². The summed E-state index contributed by atoms with van der Waals surface area (Å²) in [6.07, 6.45) is 1.28. The highest BCUT2D eigenvalue weighted by molar-refractivity contribution is 7.99. The van der Waals surface area contributed by atoms with Crippen LogP contribution in [-0.4, -0.2) is 83.4 Å². The second kappa shape index (κ2) is 5.24. The molecule has 1 N–H and O–H groups in total. The normalized spacial score (nSPS) is 35.2. The van der Waals surface area contributed by atoms with Crippen molar-refractivity contribution in [2.45, 2.75) is 30.6 Å². The lowest BCUT2D eigenvalue weighted by Crippen LogP contribution is -2.51. The number of morpholine rings is 1. The number of hydrogen-bond acceptors (Lipinski definition) is 5. The van der Waals surface area contributed by atoms with Crippen molar-refractivity contribution in [2.75, 3.05) is 44.8 Å². The van der Waals surface area contributed by atoms with E-state index in [1.807, 2.05) is 16.7 Å². The van der Waals surface area contributed by atoms with Crippen molar-refractivity contribution in [3.05, 3.63) is 0 Å². The Hall–Kier alpha value is -0.300. The molecular formula is C13H22N2O3S. The minimum Gasteiger partial charge on any atom is -0.380 e. The maximum absolute atomic E-state index is 12.6. The van der Waals surface area contributed by atoms with Crippen molar-refractivity contribution in [2.24, 2.45) is 0 Å². The van der Waals surface area contributed by atoms with E-state index in [0.29, 0.717) is 32.0 Å². The second-order valence-corrected chi connectivity index (χ2v) is 7.04. The molecule has 2 atom stereocenters. The van der Waals surface area contributed by atoms with E-state index in [1.165, 1.54) is 0 Å². The third-order valence-corrected chi connectivity index (χ3v) is 5.57. The second-order valence-electron chi connectivity index (χ2n) is 5.81. The number of ether oxygens (including phenoxy) is 1. The highest BCUT2D eigenvalue weighted by Gasteiger charge is 2.46. The summed E-state index contributed by atoms with van der Waals surface area (Å²) in [5, 5.41) is 10.5. The number of carbonyl (C=O) groups excluding carboxylic acids is 1. The molecule has 1 amide bonds. The zero-order chi connectivity index (χ0) is 13.5. The van der Waals surface area contributed by atoms with Gasteiger partial charge in [0.15, 0.2) is 0 Å². The molecule has 3 aliphatic rings. The van der Waals surface area contributed by atoms with E-state index in [-0.39, 0.29) is 12.0 Å². The number of likely N-dealkylation sites (N-methyl/N-ethyl adjacent to an activating group) is 1. The number of thioether (sulfide) groups is 1. The first-order valence-electron chi connectivity index (χ1n) is 7.01. The number of aliphatic hydroxyl groups is 1. The smallest absolute Gasteiger partial charge is 0.254 e. The first-order valence-corrected chi connectivity index (χ1v) is 8.17. The van der Waals surface area contributed by atoms with Gasteiger partial charge in [-0.05, 0) is 31.4 Å². The molecule has 3 saturated heterocycles. The quantitative estimate of drug-likeness (QED) is 0.723. The van der Waals surface area contributed by atoms with Crippen LogP contribution < -0.4 is 0 Å². The maximum Gasteiger partial charge on any atom is 0.254 e. The first-order chi connectivity index (χ1) is 9.10. The van der Waals surface area contributed by atoms with Crippen molar-refractivity contribution in [1.29, 1.82) is 0 Å². The van der Waals surface area contributed by atoms with Gasteiger partial charge in [0.25, 0.3) is 5.91 Å². The van der Waals surface area contributed by atoms with E-state index in [9.17, 15) is 9.90 Å². The number of fused-ring (bicyclic) bond motifs is 1. The van der Waals surface area contributed by atoms with Crippen LogP contribution >= 0.6 is 11.8 Å². The minimum absolute atomic E-state index is 0.0841. The topological polar surface area (TPSA) is 53.0 Å². The zero-order valence-electron chi connectivity index (χ0n) is 11.4. The molecule has 0 aromatic rings. The number of likely N-dealkylation sites (tertiary alicyclic amines) is 1. The minimum atomic E-state index is -1.13. The lowest BCUT2D eigenvalue weighted by Gasteiger charge is -2.34. The summed E-state index contributed by atoms with van der Waals surface area (Å²) in [4.78, 5) is 16.6. The number of hydrogen-bond donors (Lipinski definition) is 1. The molecule has 0 radical (unpaired) electrons. The van der Waals surface area contributed by atoms with Gasteiger partial charge in [-0.25, -0.2) is 0 Å². The third kappa shape index (κ3) is 2.51. The molecule has 108 valence electrons. The summed E-state index contributed by atoms with van der Waals surface area (Å²) in [6.45, 7) is 2.98. The Balaban J connectivity index is 1.68. The molecule has 0 bridgehead atoms. The van der Waals surface area contributed by atoms with Gasteiger partial charge in [0, 0.05) is 19.6 Å². The van der Waals surface area contributed by atoms with Crippen LogP contribution in [0.15, 0.2) is 0 Å². The molecule has 0 saturated carbocycles. The van der Waals surface area contributed by atoms with Crippen LogP contribution in [0.2, 0.25) is 0 Å². The van der Waals surface area contributed by atoms with Crippen LogP contribution in [0.5, 0.6) is 0 Å². The third-order valence-electron chi connectivity index (χ3n) is 4.58. The average Bonchev–Trinajstić information content (AvgIpc) is 2.84. The molecule has 0 unspecified atom stereocenters. The van der Waals surface area contributed by atoms with Crippen molar-refractivity contribution in [3.63, 3.8) is 0 Å². The van der Waals surface area contributed by atoms with Gasteiger partial charge in [0.1, 0.15) is 5.60 Å². The SMILES string of the molecule is CN1CCO[C@@H]2CN(C(=O)C3(O)CCSCC3)C[C@@H]21. The molecule has 3 heterocycles. The van der Waals surface area contributed by atoms with E-state index >= 15 is 0 Å². The molecule has 3 fully saturated rings. The molecule has 0 aromatic heterocycles.